The molecular weight excluding hydrogens is 376 g/mol. The number of nitrogens with one attached hydrogen (secondary N) is 1. The second-order valence-electron chi connectivity index (χ2n) is 7.54. The van der Waals surface area contributed by atoms with Crippen molar-refractivity contribution in [3.63, 3.8) is 0 Å². The average molecular weight is 395 g/mol. The molecule has 29 heavy (non-hydrogen) atoms. The molecule has 0 aliphatic rings. The summed E-state index contributed by atoms with van der Waals surface area (Å²) in [7, 11) is 1.60. The first-order valence-electron chi connectivity index (χ1n) is 8.83. The van der Waals surface area contributed by atoms with Gasteiger partial charge in [-0.3, -0.25) is 9.48 Å². The third-order valence-electron chi connectivity index (χ3n) is 4.34. The fourth-order valence-electron chi connectivity index (χ4n) is 2.76. The normalized spacial score (nSPS) is 11.2. The smallest absolute Gasteiger partial charge is 0.276 e. The number of hydrogen-bond donors (Lipinski definition) is 1. The first-order chi connectivity index (χ1) is 13.6. The lowest BCUT2D eigenvalue weighted by Crippen LogP contribution is -2.15. The maximum absolute atomic E-state index is 13.8. The lowest BCUT2D eigenvalue weighted by atomic mass is 9.91. The molecule has 148 valence electrons. The number of para-hydroxylation sites is 1. The van der Waals surface area contributed by atoms with Gasteiger partial charge >= 0.3 is 0 Å². The Balaban J connectivity index is 2.01. The van der Waals surface area contributed by atoms with Gasteiger partial charge in [-0.15, -0.1) is 0 Å². The summed E-state index contributed by atoms with van der Waals surface area (Å²) in [5, 5.41) is 15.8. The second-order valence-corrected chi connectivity index (χ2v) is 7.54. The van der Waals surface area contributed by atoms with E-state index in [0.29, 0.717) is 17.0 Å². The first kappa shape index (κ1) is 20.1. The van der Waals surface area contributed by atoms with E-state index >= 15 is 0 Å². The zero-order valence-electron chi connectivity index (χ0n) is 16.4. The van der Waals surface area contributed by atoms with Crippen molar-refractivity contribution >= 4 is 11.6 Å². The Morgan fingerprint density at radius 3 is 2.41 bits per heavy atom. The molecule has 0 atom stereocenters. The van der Waals surface area contributed by atoms with E-state index in [1.165, 1.54) is 16.8 Å². The summed E-state index contributed by atoms with van der Waals surface area (Å²) in [5.74, 6) is -2.55. The zero-order chi connectivity index (χ0) is 21.3. The molecular formula is C21H19F2N5O. The molecule has 0 unspecified atom stereocenters. The summed E-state index contributed by atoms with van der Waals surface area (Å²) < 4.78 is 29.0. The molecule has 1 amide bonds. The Bertz CT molecular complexity index is 1120. The summed E-state index contributed by atoms with van der Waals surface area (Å²) in [4.78, 5) is 17.1. The van der Waals surface area contributed by atoms with E-state index in [4.69, 9.17) is 0 Å². The van der Waals surface area contributed by atoms with E-state index in [-0.39, 0.29) is 11.1 Å². The number of hydrogen-bond acceptors (Lipinski definition) is 4. The van der Waals surface area contributed by atoms with Gasteiger partial charge in [0.15, 0.2) is 5.69 Å². The molecule has 1 aromatic carbocycles. The molecule has 1 N–H and O–H groups in total. The molecule has 6 nitrogen and oxygen atoms in total. The van der Waals surface area contributed by atoms with E-state index in [1.807, 2.05) is 20.8 Å². The molecule has 0 bridgehead atoms. The summed E-state index contributed by atoms with van der Waals surface area (Å²) in [6, 6.07) is 10.3. The van der Waals surface area contributed by atoms with Gasteiger partial charge in [-0.1, -0.05) is 26.8 Å². The van der Waals surface area contributed by atoms with Crippen molar-refractivity contribution in [1.82, 2.24) is 14.8 Å². The van der Waals surface area contributed by atoms with Gasteiger partial charge in [-0.25, -0.2) is 13.8 Å². The number of carbonyl (C=O) groups is 1. The zero-order valence-corrected chi connectivity index (χ0v) is 16.4. The highest BCUT2D eigenvalue weighted by Crippen LogP contribution is 2.27. The van der Waals surface area contributed by atoms with Crippen molar-refractivity contribution in [2.24, 2.45) is 7.05 Å². The van der Waals surface area contributed by atoms with Gasteiger partial charge in [-0.2, -0.15) is 10.4 Å². The third kappa shape index (κ3) is 3.99. The van der Waals surface area contributed by atoms with E-state index in [2.05, 4.69) is 21.5 Å². The van der Waals surface area contributed by atoms with Crippen LogP contribution in [-0.2, 0) is 12.5 Å². The minimum Gasteiger partial charge on any atom is -0.316 e. The molecule has 0 saturated carbocycles. The Morgan fingerprint density at radius 2 is 1.83 bits per heavy atom. The molecule has 3 aromatic rings. The lowest BCUT2D eigenvalue weighted by Gasteiger charge is -2.18. The van der Waals surface area contributed by atoms with Crippen LogP contribution in [0.25, 0.3) is 11.4 Å². The fourth-order valence-corrected chi connectivity index (χ4v) is 2.76. The summed E-state index contributed by atoms with van der Waals surface area (Å²) in [5.41, 5.74) is 1.06. The van der Waals surface area contributed by atoms with Gasteiger partial charge in [0.2, 0.25) is 0 Å². The molecule has 0 aliphatic carbocycles. The number of benzene rings is 1. The predicted octanol–water partition coefficient (Wildman–Crippen LogP) is 4.18. The molecule has 2 aromatic heterocycles. The van der Waals surface area contributed by atoms with Crippen LogP contribution in [0.5, 0.6) is 0 Å². The first-order valence-corrected chi connectivity index (χ1v) is 8.83. The van der Waals surface area contributed by atoms with Gasteiger partial charge in [0.05, 0.1) is 11.3 Å². The quantitative estimate of drug-likeness (QED) is 0.721. The average Bonchev–Trinajstić information content (AvgIpc) is 3.05. The predicted molar refractivity (Wildman–Crippen MR) is 104 cm³/mol. The molecule has 2 heterocycles. The van der Waals surface area contributed by atoms with E-state index in [9.17, 15) is 18.8 Å². The van der Waals surface area contributed by atoms with Crippen LogP contribution in [0.1, 0.15) is 42.5 Å². The number of aromatic nitrogens is 3. The van der Waals surface area contributed by atoms with Crippen LogP contribution >= 0.6 is 0 Å². The number of nitrogens with zero attached hydrogens (tertiary/aromatic N) is 4. The highest BCUT2D eigenvalue weighted by Gasteiger charge is 2.22. The van der Waals surface area contributed by atoms with Crippen LogP contribution in [0.15, 0.2) is 36.4 Å². The highest BCUT2D eigenvalue weighted by molar-refractivity contribution is 6.03. The van der Waals surface area contributed by atoms with Gasteiger partial charge in [0, 0.05) is 18.2 Å². The number of carbonyl (C=O) groups excluding carboxylic acids is 1. The Morgan fingerprint density at radius 1 is 1.17 bits per heavy atom. The van der Waals surface area contributed by atoms with Crippen molar-refractivity contribution in [1.29, 1.82) is 5.26 Å². The van der Waals surface area contributed by atoms with Crippen LogP contribution in [0, 0.1) is 23.0 Å². The number of halogens is 2. The van der Waals surface area contributed by atoms with Crippen LogP contribution in [0.3, 0.4) is 0 Å². The van der Waals surface area contributed by atoms with Crippen molar-refractivity contribution in [2.75, 3.05) is 5.32 Å². The second kappa shape index (κ2) is 7.43. The Labute approximate surface area is 166 Å². The molecule has 0 aliphatic heterocycles. The van der Waals surface area contributed by atoms with E-state index in [0.717, 1.165) is 17.8 Å². The summed E-state index contributed by atoms with van der Waals surface area (Å²) >= 11 is 0. The van der Waals surface area contributed by atoms with Crippen LogP contribution in [0.4, 0.5) is 14.5 Å². The number of anilines is 1. The SMILES string of the molecule is Cn1nc(C(=O)Nc2c(F)cccc2F)cc1-c1nc(C(C)(C)C)ccc1C#N. The number of amides is 1. The Kier molecular flexibility index (Phi) is 5.16. The van der Waals surface area contributed by atoms with Crippen LogP contribution in [-0.4, -0.2) is 20.7 Å². The Hall–Kier alpha value is -3.60. The van der Waals surface area contributed by atoms with Gasteiger partial charge in [0.25, 0.3) is 5.91 Å². The molecule has 3 rings (SSSR count). The standard InChI is InChI=1S/C21H19F2N5O/c1-21(2,3)17-9-8-12(11-24)18(25-17)16-10-15(27-28(16)4)20(29)26-19-13(22)6-5-7-14(19)23/h5-10H,1-4H3,(H,26,29). The van der Waals surface area contributed by atoms with Crippen molar-refractivity contribution in [3.05, 3.63) is 65.0 Å². The summed E-state index contributed by atoms with van der Waals surface area (Å²) in [6.07, 6.45) is 0. The molecule has 0 saturated heterocycles. The molecule has 8 heteroatoms. The number of aryl methyl sites for hydroxylation is 1. The molecule has 0 spiro atoms. The van der Waals surface area contributed by atoms with E-state index in [1.54, 1.807) is 19.2 Å². The largest absolute Gasteiger partial charge is 0.316 e. The minimum atomic E-state index is -0.888. The molecule has 0 radical (unpaired) electrons. The van der Waals surface area contributed by atoms with Crippen LogP contribution in [0.2, 0.25) is 0 Å². The van der Waals surface area contributed by atoms with Crippen molar-refractivity contribution in [2.45, 2.75) is 26.2 Å². The fraction of sp³-hybridized carbons (Fsp3) is 0.238. The monoisotopic (exact) mass is 395 g/mol. The van der Waals surface area contributed by atoms with Crippen molar-refractivity contribution < 1.29 is 13.6 Å². The van der Waals surface area contributed by atoms with Gasteiger partial charge in [0.1, 0.15) is 29.1 Å². The third-order valence-corrected chi connectivity index (χ3v) is 4.34. The van der Waals surface area contributed by atoms with Gasteiger partial charge < -0.3 is 5.32 Å². The van der Waals surface area contributed by atoms with Crippen LogP contribution < -0.4 is 5.32 Å². The molecule has 0 fully saturated rings. The maximum Gasteiger partial charge on any atom is 0.276 e. The maximum atomic E-state index is 13.8. The number of rotatable bonds is 3. The highest BCUT2D eigenvalue weighted by atomic mass is 19.1. The lowest BCUT2D eigenvalue weighted by molar-refractivity contribution is 0.102. The topological polar surface area (TPSA) is 83.6 Å². The summed E-state index contributed by atoms with van der Waals surface area (Å²) in [6.45, 7) is 5.99. The van der Waals surface area contributed by atoms with Crippen molar-refractivity contribution in [3.8, 4) is 17.5 Å². The number of nitriles is 1. The van der Waals surface area contributed by atoms with E-state index < -0.39 is 23.2 Å². The minimum absolute atomic E-state index is 0.0583. The number of pyridine rings is 1. The van der Waals surface area contributed by atoms with Gasteiger partial charge in [-0.05, 0) is 30.3 Å².